The van der Waals surface area contributed by atoms with E-state index in [1.54, 1.807) is 0 Å². The van der Waals surface area contributed by atoms with Crippen LogP contribution in [0.2, 0.25) is 0 Å². The van der Waals surface area contributed by atoms with Crippen LogP contribution in [0.3, 0.4) is 0 Å². The molecule has 0 saturated carbocycles. The van der Waals surface area contributed by atoms with Crippen molar-refractivity contribution >= 4 is 65.3 Å². The van der Waals surface area contributed by atoms with Gasteiger partial charge in [0.05, 0.1) is 44.7 Å². The Morgan fingerprint density at radius 3 is 1.56 bits per heavy atom. The maximum Gasteiger partial charge on any atom is 0.0972 e. The lowest BCUT2D eigenvalue weighted by atomic mass is 9.94. The fourth-order valence-electron chi connectivity index (χ4n) is 8.91. The summed E-state index contributed by atoms with van der Waals surface area (Å²) >= 11 is 0. The molecule has 0 spiro atoms. The Bertz CT molecular complexity index is 3580. The smallest absolute Gasteiger partial charge is 0.0972 e. The van der Waals surface area contributed by atoms with Gasteiger partial charge in [-0.1, -0.05) is 164 Å². The largest absolute Gasteiger partial charge is 0.309 e. The van der Waals surface area contributed by atoms with Gasteiger partial charge in [0.15, 0.2) is 0 Å². The molecule has 59 heavy (non-hydrogen) atoms. The molecule has 0 amide bonds. The lowest BCUT2D eigenvalue weighted by Crippen LogP contribution is -1.95. The second kappa shape index (κ2) is 13.3. The monoisotopic (exact) mass is 750 g/mol. The molecule has 12 rings (SSSR count). The van der Waals surface area contributed by atoms with Crippen LogP contribution in [-0.2, 0) is 0 Å². The molecule has 0 unspecified atom stereocenters. The van der Waals surface area contributed by atoms with Gasteiger partial charge in [-0.2, -0.15) is 0 Å². The zero-order valence-corrected chi connectivity index (χ0v) is 31.9. The lowest BCUT2D eigenvalue weighted by molar-refractivity contribution is 1.18. The van der Waals surface area contributed by atoms with Crippen LogP contribution < -0.4 is 0 Å². The van der Waals surface area contributed by atoms with Gasteiger partial charge in [0.1, 0.15) is 0 Å². The van der Waals surface area contributed by atoms with Crippen molar-refractivity contribution in [2.75, 3.05) is 0 Å². The van der Waals surface area contributed by atoms with E-state index in [0.29, 0.717) is 0 Å². The normalized spacial score (nSPS) is 11.7. The molecule has 4 heteroatoms. The van der Waals surface area contributed by atoms with E-state index in [2.05, 4.69) is 193 Å². The van der Waals surface area contributed by atoms with Crippen LogP contribution >= 0.6 is 0 Å². The molecular weight excluding hydrogens is 717 g/mol. The SMILES string of the molecule is c1ccc(-c2ccc3ccc4ccc(-c5ccc(-c6cccc7c6nc(-c6ccccc6)c6cc8c9ccccc9n(-c9ccccc9)c8cc67)cc5)nc4c3n2)cc1. The molecule has 8 aromatic carbocycles. The first-order valence-corrected chi connectivity index (χ1v) is 20.0. The van der Waals surface area contributed by atoms with E-state index >= 15 is 0 Å². The van der Waals surface area contributed by atoms with Gasteiger partial charge in [-0.3, -0.25) is 0 Å². The molecule has 0 atom stereocenters. The highest BCUT2D eigenvalue weighted by molar-refractivity contribution is 6.21. The molecule has 0 fully saturated rings. The zero-order valence-electron chi connectivity index (χ0n) is 31.9. The third-order valence-electron chi connectivity index (χ3n) is 11.8. The minimum Gasteiger partial charge on any atom is -0.309 e. The van der Waals surface area contributed by atoms with Gasteiger partial charge >= 0.3 is 0 Å². The number of hydrogen-bond donors (Lipinski definition) is 0. The summed E-state index contributed by atoms with van der Waals surface area (Å²) in [5, 5.41) is 8.02. The van der Waals surface area contributed by atoms with Crippen LogP contribution in [0.15, 0.2) is 206 Å². The highest BCUT2D eigenvalue weighted by Gasteiger charge is 2.19. The average Bonchev–Trinajstić information content (AvgIpc) is 3.64. The Morgan fingerprint density at radius 1 is 0.305 bits per heavy atom. The summed E-state index contributed by atoms with van der Waals surface area (Å²) in [6.07, 6.45) is 0. The summed E-state index contributed by atoms with van der Waals surface area (Å²) in [4.78, 5) is 15.9. The molecule has 0 aliphatic rings. The first-order valence-electron chi connectivity index (χ1n) is 20.0. The van der Waals surface area contributed by atoms with Crippen molar-refractivity contribution in [3.8, 4) is 50.6 Å². The number of hydrogen-bond acceptors (Lipinski definition) is 3. The molecule has 4 aromatic heterocycles. The molecule has 4 nitrogen and oxygen atoms in total. The van der Waals surface area contributed by atoms with E-state index in [0.717, 1.165) is 88.7 Å². The van der Waals surface area contributed by atoms with Gasteiger partial charge in [-0.05, 0) is 53.4 Å². The molecule has 12 aromatic rings. The number of pyridine rings is 3. The van der Waals surface area contributed by atoms with Gasteiger partial charge in [-0.15, -0.1) is 0 Å². The maximum atomic E-state index is 5.55. The third-order valence-corrected chi connectivity index (χ3v) is 11.8. The van der Waals surface area contributed by atoms with Crippen molar-refractivity contribution in [2.45, 2.75) is 0 Å². The predicted molar refractivity (Wildman–Crippen MR) is 246 cm³/mol. The standard InChI is InChI=1S/C55H34N4/c1-4-13-36(14-5-1)48-31-29-39-27-28-40-30-32-49(57-54(40)53(39)56-48)37-25-23-35(24-26-37)42-20-12-21-44-45-34-51-46(33-47(45)52(58-55(42)44)38-15-6-2-7-16-38)43-19-10-11-22-50(43)59(51)41-17-8-3-9-18-41/h1-34H. The van der Waals surface area contributed by atoms with Crippen LogP contribution in [0.25, 0.3) is 116 Å². The summed E-state index contributed by atoms with van der Waals surface area (Å²) in [6, 6.07) is 73.1. The van der Waals surface area contributed by atoms with Crippen LogP contribution in [0.5, 0.6) is 0 Å². The van der Waals surface area contributed by atoms with E-state index in [4.69, 9.17) is 15.0 Å². The van der Waals surface area contributed by atoms with Crippen LogP contribution in [0.4, 0.5) is 0 Å². The maximum absolute atomic E-state index is 5.55. The third kappa shape index (κ3) is 5.42. The van der Waals surface area contributed by atoms with Crippen LogP contribution in [-0.4, -0.2) is 19.5 Å². The van der Waals surface area contributed by atoms with E-state index in [1.807, 2.05) is 18.2 Å². The Labute approximate surface area is 340 Å². The fraction of sp³-hybridized carbons (Fsp3) is 0. The minimum absolute atomic E-state index is 0.904. The van der Waals surface area contributed by atoms with Crippen molar-refractivity contribution in [3.63, 3.8) is 0 Å². The Kier molecular flexibility index (Phi) is 7.50. The number of fused-ring (bicyclic) bond motifs is 9. The highest BCUT2D eigenvalue weighted by Crippen LogP contribution is 2.42. The minimum atomic E-state index is 0.904. The topological polar surface area (TPSA) is 43.6 Å². The van der Waals surface area contributed by atoms with Crippen molar-refractivity contribution in [1.82, 2.24) is 19.5 Å². The molecule has 0 radical (unpaired) electrons. The Morgan fingerprint density at radius 2 is 0.864 bits per heavy atom. The fourth-order valence-corrected chi connectivity index (χ4v) is 8.91. The van der Waals surface area contributed by atoms with Crippen molar-refractivity contribution < 1.29 is 0 Å². The summed E-state index contributed by atoms with van der Waals surface area (Å²) in [5.74, 6) is 0. The van der Waals surface area contributed by atoms with Crippen molar-refractivity contribution in [3.05, 3.63) is 206 Å². The van der Waals surface area contributed by atoms with E-state index in [-0.39, 0.29) is 0 Å². The predicted octanol–water partition coefficient (Wildman–Crippen LogP) is 14.2. The second-order valence-corrected chi connectivity index (χ2v) is 15.2. The molecule has 0 saturated heterocycles. The first kappa shape index (κ1) is 33.2. The average molecular weight is 751 g/mol. The molecule has 0 aliphatic heterocycles. The number of rotatable bonds is 5. The number of nitrogens with zero attached hydrogens (tertiary/aromatic N) is 4. The van der Waals surface area contributed by atoms with Crippen molar-refractivity contribution in [1.29, 1.82) is 0 Å². The lowest BCUT2D eigenvalue weighted by Gasteiger charge is -2.15. The highest BCUT2D eigenvalue weighted by atomic mass is 15.0. The van der Waals surface area contributed by atoms with E-state index < -0.39 is 0 Å². The molecule has 0 N–H and O–H groups in total. The quantitative estimate of drug-likeness (QED) is 0.165. The molecule has 0 aliphatic carbocycles. The number of aromatic nitrogens is 4. The first-order chi connectivity index (χ1) is 29.2. The Hall–Kier alpha value is -7.95. The second-order valence-electron chi connectivity index (χ2n) is 15.2. The number of para-hydroxylation sites is 3. The van der Waals surface area contributed by atoms with E-state index in [1.165, 1.54) is 27.2 Å². The summed E-state index contributed by atoms with van der Waals surface area (Å²) in [6.45, 7) is 0. The van der Waals surface area contributed by atoms with Crippen LogP contribution in [0.1, 0.15) is 0 Å². The zero-order chi connectivity index (χ0) is 38.9. The molecule has 274 valence electrons. The van der Waals surface area contributed by atoms with Gasteiger partial charge in [0, 0.05) is 60.3 Å². The number of benzene rings is 8. The summed E-state index contributed by atoms with van der Waals surface area (Å²) in [7, 11) is 0. The van der Waals surface area contributed by atoms with Crippen molar-refractivity contribution in [2.24, 2.45) is 0 Å². The van der Waals surface area contributed by atoms with E-state index in [9.17, 15) is 0 Å². The Balaban J connectivity index is 1.03. The van der Waals surface area contributed by atoms with Gasteiger partial charge in [-0.25, -0.2) is 15.0 Å². The molecule has 4 heterocycles. The summed E-state index contributed by atoms with van der Waals surface area (Å²) < 4.78 is 2.39. The molecular formula is C55H34N4. The van der Waals surface area contributed by atoms with Gasteiger partial charge in [0.2, 0.25) is 0 Å². The van der Waals surface area contributed by atoms with Crippen LogP contribution in [0, 0.1) is 0 Å². The van der Waals surface area contributed by atoms with Gasteiger partial charge in [0.25, 0.3) is 0 Å². The summed E-state index contributed by atoms with van der Waals surface area (Å²) in [5.41, 5.74) is 14.5. The molecule has 0 bridgehead atoms. The van der Waals surface area contributed by atoms with Gasteiger partial charge < -0.3 is 4.57 Å².